The van der Waals surface area contributed by atoms with E-state index in [4.69, 9.17) is 4.74 Å². The number of aromatic nitrogens is 2. The summed E-state index contributed by atoms with van der Waals surface area (Å²) in [5, 5.41) is 11.7. The molecular formula is C14H21N3OS. The van der Waals surface area contributed by atoms with Crippen LogP contribution in [0, 0.1) is 0 Å². The van der Waals surface area contributed by atoms with E-state index >= 15 is 0 Å². The quantitative estimate of drug-likeness (QED) is 0.917. The lowest BCUT2D eigenvalue weighted by Crippen LogP contribution is -2.48. The van der Waals surface area contributed by atoms with Crippen molar-refractivity contribution in [3.8, 4) is 0 Å². The van der Waals surface area contributed by atoms with Gasteiger partial charge in [0.15, 0.2) is 0 Å². The van der Waals surface area contributed by atoms with Gasteiger partial charge >= 0.3 is 0 Å². The van der Waals surface area contributed by atoms with Gasteiger partial charge in [0, 0.05) is 25.4 Å². The Morgan fingerprint density at radius 3 is 3.11 bits per heavy atom. The normalized spacial score (nSPS) is 26.4. The zero-order valence-electron chi connectivity index (χ0n) is 11.2. The van der Waals surface area contributed by atoms with Crippen molar-refractivity contribution < 1.29 is 4.74 Å². The van der Waals surface area contributed by atoms with Crippen molar-refractivity contribution in [2.45, 2.75) is 43.9 Å². The van der Waals surface area contributed by atoms with Crippen LogP contribution in [0.5, 0.6) is 0 Å². The average molecular weight is 279 g/mol. The fraction of sp³-hybridized carbons (Fsp3) is 0.714. The van der Waals surface area contributed by atoms with Gasteiger partial charge in [-0.3, -0.25) is 0 Å². The molecule has 1 aromatic heterocycles. The summed E-state index contributed by atoms with van der Waals surface area (Å²) in [5.41, 5.74) is 1.17. The molecule has 0 saturated carbocycles. The van der Waals surface area contributed by atoms with Gasteiger partial charge in [0.25, 0.3) is 0 Å². The number of hydrogen-bond donors (Lipinski definition) is 1. The standard InChI is InChI=1S/C14H21N3OS/c1-2-13(17-16-6-1)11-15-12-3-7-18-14(10-12)4-8-19-9-5-14/h1-2,6,12,15H,3-5,7-11H2. The van der Waals surface area contributed by atoms with E-state index < -0.39 is 0 Å². The van der Waals surface area contributed by atoms with Crippen molar-refractivity contribution in [1.82, 2.24) is 15.5 Å². The Morgan fingerprint density at radius 2 is 2.32 bits per heavy atom. The van der Waals surface area contributed by atoms with E-state index in [9.17, 15) is 0 Å². The molecule has 2 aliphatic heterocycles. The summed E-state index contributed by atoms with van der Waals surface area (Å²) < 4.78 is 6.11. The van der Waals surface area contributed by atoms with Crippen LogP contribution in [0.15, 0.2) is 18.3 Å². The maximum Gasteiger partial charge on any atom is 0.0769 e. The second-order valence-electron chi connectivity index (χ2n) is 5.43. The molecule has 0 amide bonds. The van der Waals surface area contributed by atoms with Crippen LogP contribution in [0.2, 0.25) is 0 Å². The molecule has 5 heteroatoms. The molecule has 3 rings (SSSR count). The lowest BCUT2D eigenvalue weighted by atomic mass is 9.85. The Hall–Kier alpha value is -0.650. The first-order chi connectivity index (χ1) is 9.36. The molecule has 1 atom stereocenters. The highest BCUT2D eigenvalue weighted by Crippen LogP contribution is 2.37. The summed E-state index contributed by atoms with van der Waals surface area (Å²) >= 11 is 2.06. The van der Waals surface area contributed by atoms with Crippen LogP contribution in [0.25, 0.3) is 0 Å². The fourth-order valence-corrected chi connectivity index (χ4v) is 4.21. The molecule has 1 aromatic rings. The maximum absolute atomic E-state index is 6.11. The van der Waals surface area contributed by atoms with E-state index in [0.717, 1.165) is 31.7 Å². The lowest BCUT2D eigenvalue weighted by molar-refractivity contribution is -0.0933. The average Bonchev–Trinajstić information content (AvgIpc) is 2.47. The first kappa shape index (κ1) is 13.3. The van der Waals surface area contributed by atoms with Gasteiger partial charge in [-0.25, -0.2) is 0 Å². The van der Waals surface area contributed by atoms with Crippen molar-refractivity contribution in [2.75, 3.05) is 18.1 Å². The largest absolute Gasteiger partial charge is 0.375 e. The summed E-state index contributed by atoms with van der Waals surface area (Å²) in [5.74, 6) is 2.49. The summed E-state index contributed by atoms with van der Waals surface area (Å²) in [4.78, 5) is 0. The van der Waals surface area contributed by atoms with E-state index in [1.807, 2.05) is 12.1 Å². The van der Waals surface area contributed by atoms with Crippen LogP contribution < -0.4 is 5.32 Å². The molecule has 0 bridgehead atoms. The predicted octanol–water partition coefficient (Wildman–Crippen LogP) is 2.01. The highest BCUT2D eigenvalue weighted by molar-refractivity contribution is 7.99. The third-order valence-corrected chi connectivity index (χ3v) is 5.08. The molecule has 19 heavy (non-hydrogen) atoms. The van der Waals surface area contributed by atoms with Gasteiger partial charge in [0.1, 0.15) is 0 Å². The molecule has 104 valence electrons. The van der Waals surface area contributed by atoms with Crippen LogP contribution in [0.1, 0.15) is 31.4 Å². The van der Waals surface area contributed by atoms with Crippen LogP contribution >= 0.6 is 11.8 Å². The number of thioether (sulfide) groups is 1. The molecule has 0 radical (unpaired) electrons. The van der Waals surface area contributed by atoms with Gasteiger partial charge < -0.3 is 10.1 Å². The minimum atomic E-state index is 0.156. The molecule has 2 saturated heterocycles. The van der Waals surface area contributed by atoms with Gasteiger partial charge in [-0.15, -0.1) is 0 Å². The Morgan fingerprint density at radius 1 is 1.42 bits per heavy atom. The van der Waals surface area contributed by atoms with Gasteiger partial charge in [0.2, 0.25) is 0 Å². The van der Waals surface area contributed by atoms with Crippen molar-refractivity contribution in [3.05, 3.63) is 24.0 Å². The smallest absolute Gasteiger partial charge is 0.0769 e. The first-order valence-corrected chi connectivity index (χ1v) is 8.23. The van der Waals surface area contributed by atoms with Crippen molar-refractivity contribution >= 4 is 11.8 Å². The highest BCUT2D eigenvalue weighted by atomic mass is 32.2. The molecule has 0 aromatic carbocycles. The Bertz CT molecular complexity index is 389. The minimum Gasteiger partial charge on any atom is -0.375 e. The Labute approximate surface area is 118 Å². The number of rotatable bonds is 3. The van der Waals surface area contributed by atoms with Crippen LogP contribution in [0.3, 0.4) is 0 Å². The van der Waals surface area contributed by atoms with E-state index in [-0.39, 0.29) is 5.60 Å². The number of nitrogens with one attached hydrogen (secondary N) is 1. The minimum absolute atomic E-state index is 0.156. The monoisotopic (exact) mass is 279 g/mol. The highest BCUT2D eigenvalue weighted by Gasteiger charge is 2.38. The zero-order valence-corrected chi connectivity index (χ0v) is 12.0. The molecule has 2 fully saturated rings. The first-order valence-electron chi connectivity index (χ1n) is 7.08. The van der Waals surface area contributed by atoms with Crippen LogP contribution in [-0.2, 0) is 11.3 Å². The van der Waals surface area contributed by atoms with Crippen molar-refractivity contribution in [2.24, 2.45) is 0 Å². The third kappa shape index (κ3) is 3.46. The molecule has 4 nitrogen and oxygen atoms in total. The SMILES string of the molecule is c1cnnc(CNC2CCOC3(CCSCC3)C2)c1. The van der Waals surface area contributed by atoms with E-state index in [0.29, 0.717) is 6.04 Å². The summed E-state index contributed by atoms with van der Waals surface area (Å²) in [6.45, 7) is 1.70. The molecule has 0 aliphatic carbocycles. The van der Waals surface area contributed by atoms with Gasteiger partial charge in [0.05, 0.1) is 11.3 Å². The van der Waals surface area contributed by atoms with Gasteiger partial charge in [-0.2, -0.15) is 22.0 Å². The number of nitrogens with zero attached hydrogens (tertiary/aromatic N) is 2. The molecule has 1 N–H and O–H groups in total. The number of ether oxygens (including phenoxy) is 1. The van der Waals surface area contributed by atoms with Crippen LogP contribution in [0.4, 0.5) is 0 Å². The topological polar surface area (TPSA) is 47.0 Å². The molecule has 2 aliphatic rings. The summed E-state index contributed by atoms with van der Waals surface area (Å²) in [6, 6.07) is 4.51. The number of hydrogen-bond acceptors (Lipinski definition) is 5. The fourth-order valence-electron chi connectivity index (χ4n) is 2.97. The molecule has 1 spiro atoms. The molecule has 1 unspecified atom stereocenters. The zero-order chi connectivity index (χ0) is 13.0. The molecular weight excluding hydrogens is 258 g/mol. The lowest BCUT2D eigenvalue weighted by Gasteiger charge is -2.43. The maximum atomic E-state index is 6.11. The predicted molar refractivity (Wildman–Crippen MR) is 77.1 cm³/mol. The van der Waals surface area contributed by atoms with Crippen LogP contribution in [-0.4, -0.2) is 40.0 Å². The summed E-state index contributed by atoms with van der Waals surface area (Å²) in [6.07, 6.45) is 6.39. The second kappa shape index (κ2) is 6.20. The van der Waals surface area contributed by atoms with E-state index in [2.05, 4.69) is 27.3 Å². The summed E-state index contributed by atoms with van der Waals surface area (Å²) in [7, 11) is 0. The van der Waals surface area contributed by atoms with E-state index in [1.54, 1.807) is 6.20 Å². The Balaban J connectivity index is 1.53. The van der Waals surface area contributed by atoms with Gasteiger partial charge in [-0.05, 0) is 49.3 Å². The van der Waals surface area contributed by atoms with Gasteiger partial charge in [-0.1, -0.05) is 0 Å². The third-order valence-electron chi connectivity index (χ3n) is 4.10. The van der Waals surface area contributed by atoms with Crippen molar-refractivity contribution in [1.29, 1.82) is 0 Å². The van der Waals surface area contributed by atoms with E-state index in [1.165, 1.54) is 24.3 Å². The molecule has 3 heterocycles. The van der Waals surface area contributed by atoms with Crippen molar-refractivity contribution in [3.63, 3.8) is 0 Å². The Kier molecular flexibility index (Phi) is 4.35. The second-order valence-corrected chi connectivity index (χ2v) is 6.65.